The zero-order valence-electron chi connectivity index (χ0n) is 14.9. The first-order valence-corrected chi connectivity index (χ1v) is 8.61. The van der Waals surface area contributed by atoms with Gasteiger partial charge in [-0.2, -0.15) is 0 Å². The molecular formula is C22H20N2O3. The van der Waals surface area contributed by atoms with Gasteiger partial charge in [0.2, 0.25) is 0 Å². The Kier molecular flexibility index (Phi) is 5.84. The van der Waals surface area contributed by atoms with Gasteiger partial charge in [0.1, 0.15) is 11.5 Å². The summed E-state index contributed by atoms with van der Waals surface area (Å²) < 4.78 is 5.28. The molecule has 2 amide bonds. The van der Waals surface area contributed by atoms with Crippen LogP contribution in [0, 0.1) is 0 Å². The molecule has 1 atom stereocenters. The van der Waals surface area contributed by atoms with E-state index < -0.39 is 5.91 Å². The summed E-state index contributed by atoms with van der Waals surface area (Å²) in [6, 6.07) is 21.5. The van der Waals surface area contributed by atoms with Gasteiger partial charge in [-0.15, -0.1) is 0 Å². The molecular weight excluding hydrogens is 340 g/mol. The summed E-state index contributed by atoms with van der Waals surface area (Å²) in [5, 5.41) is 5.58. The lowest BCUT2D eigenvalue weighted by molar-refractivity contribution is -0.118. The fourth-order valence-electron chi connectivity index (χ4n) is 2.56. The Morgan fingerprint density at radius 3 is 2.22 bits per heavy atom. The van der Waals surface area contributed by atoms with E-state index in [0.717, 1.165) is 5.56 Å². The number of furan rings is 1. The Balaban J connectivity index is 1.79. The molecule has 1 aromatic heterocycles. The second kappa shape index (κ2) is 8.67. The van der Waals surface area contributed by atoms with E-state index in [2.05, 4.69) is 10.6 Å². The van der Waals surface area contributed by atoms with Crippen molar-refractivity contribution in [1.29, 1.82) is 0 Å². The molecule has 0 bridgehead atoms. The molecule has 0 radical (unpaired) electrons. The zero-order chi connectivity index (χ0) is 19.1. The molecule has 5 nitrogen and oxygen atoms in total. The van der Waals surface area contributed by atoms with Gasteiger partial charge in [-0.1, -0.05) is 48.5 Å². The SMILES string of the molecule is CC(NC(=O)/C(=C\c1ccco1)NC(=O)c1ccccc1)c1ccccc1. The lowest BCUT2D eigenvalue weighted by Gasteiger charge is -2.16. The molecule has 0 saturated heterocycles. The number of amides is 2. The normalized spacial score (nSPS) is 12.3. The molecule has 136 valence electrons. The minimum absolute atomic E-state index is 0.113. The van der Waals surface area contributed by atoms with Gasteiger partial charge < -0.3 is 15.1 Å². The van der Waals surface area contributed by atoms with E-state index in [9.17, 15) is 9.59 Å². The number of carbonyl (C=O) groups excluding carboxylic acids is 2. The third-order valence-electron chi connectivity index (χ3n) is 4.01. The van der Waals surface area contributed by atoms with Gasteiger partial charge in [0.15, 0.2) is 0 Å². The maximum Gasteiger partial charge on any atom is 0.268 e. The third-order valence-corrected chi connectivity index (χ3v) is 4.01. The lowest BCUT2D eigenvalue weighted by atomic mass is 10.1. The van der Waals surface area contributed by atoms with E-state index in [1.54, 1.807) is 36.4 Å². The van der Waals surface area contributed by atoms with Crippen molar-refractivity contribution in [1.82, 2.24) is 10.6 Å². The molecule has 2 aromatic carbocycles. The van der Waals surface area contributed by atoms with Gasteiger partial charge in [-0.25, -0.2) is 0 Å². The monoisotopic (exact) mass is 360 g/mol. The van der Waals surface area contributed by atoms with Crippen LogP contribution in [0.5, 0.6) is 0 Å². The van der Waals surface area contributed by atoms with Crippen LogP contribution >= 0.6 is 0 Å². The molecule has 1 unspecified atom stereocenters. The van der Waals surface area contributed by atoms with Crippen LogP contribution < -0.4 is 10.6 Å². The predicted molar refractivity (Wildman–Crippen MR) is 104 cm³/mol. The molecule has 0 aliphatic carbocycles. The summed E-state index contributed by atoms with van der Waals surface area (Å²) in [4.78, 5) is 25.3. The van der Waals surface area contributed by atoms with Gasteiger partial charge in [-0.3, -0.25) is 9.59 Å². The van der Waals surface area contributed by atoms with Crippen LogP contribution in [0.15, 0.2) is 89.2 Å². The molecule has 5 heteroatoms. The summed E-state index contributed by atoms with van der Waals surface area (Å²) in [7, 11) is 0. The summed E-state index contributed by atoms with van der Waals surface area (Å²) >= 11 is 0. The van der Waals surface area contributed by atoms with Crippen molar-refractivity contribution in [3.05, 3.63) is 102 Å². The van der Waals surface area contributed by atoms with Gasteiger partial charge >= 0.3 is 0 Å². The van der Waals surface area contributed by atoms with Gasteiger partial charge in [0.25, 0.3) is 11.8 Å². The minimum Gasteiger partial charge on any atom is -0.465 e. The van der Waals surface area contributed by atoms with E-state index in [1.165, 1.54) is 12.3 Å². The van der Waals surface area contributed by atoms with E-state index >= 15 is 0 Å². The number of benzene rings is 2. The first kappa shape index (κ1) is 18.2. The van der Waals surface area contributed by atoms with Crippen molar-refractivity contribution in [2.45, 2.75) is 13.0 Å². The lowest BCUT2D eigenvalue weighted by Crippen LogP contribution is -2.36. The topological polar surface area (TPSA) is 71.3 Å². The summed E-state index contributed by atoms with van der Waals surface area (Å²) in [6.45, 7) is 1.89. The van der Waals surface area contributed by atoms with Crippen molar-refractivity contribution in [3.8, 4) is 0 Å². The fourth-order valence-corrected chi connectivity index (χ4v) is 2.56. The van der Waals surface area contributed by atoms with E-state index in [4.69, 9.17) is 4.42 Å². The van der Waals surface area contributed by atoms with Crippen LogP contribution in [0.3, 0.4) is 0 Å². The zero-order valence-corrected chi connectivity index (χ0v) is 14.9. The molecule has 0 aliphatic heterocycles. The van der Waals surface area contributed by atoms with Crippen molar-refractivity contribution in [3.63, 3.8) is 0 Å². The minimum atomic E-state index is -0.396. The van der Waals surface area contributed by atoms with Crippen molar-refractivity contribution in [2.24, 2.45) is 0 Å². The third kappa shape index (κ3) is 4.95. The number of hydrogen-bond acceptors (Lipinski definition) is 3. The smallest absolute Gasteiger partial charge is 0.268 e. The first-order chi connectivity index (χ1) is 13.1. The Hall–Kier alpha value is -3.60. The quantitative estimate of drug-likeness (QED) is 0.654. The molecule has 2 N–H and O–H groups in total. The van der Waals surface area contributed by atoms with E-state index in [0.29, 0.717) is 11.3 Å². The van der Waals surface area contributed by atoms with Crippen molar-refractivity contribution in [2.75, 3.05) is 0 Å². The molecule has 0 spiro atoms. The van der Waals surface area contributed by atoms with Crippen LogP contribution in [0.2, 0.25) is 0 Å². The standard InChI is InChI=1S/C22H20N2O3/c1-16(17-9-4-2-5-10-17)23-22(26)20(15-19-13-8-14-27-19)24-21(25)18-11-6-3-7-12-18/h2-16H,1H3,(H,23,26)(H,24,25)/b20-15+. The highest BCUT2D eigenvalue weighted by atomic mass is 16.3. The van der Waals surface area contributed by atoms with Crippen molar-refractivity contribution >= 4 is 17.9 Å². The Bertz CT molecular complexity index is 917. The summed E-state index contributed by atoms with van der Waals surface area (Å²) in [5.41, 5.74) is 1.55. The fraction of sp³-hybridized carbons (Fsp3) is 0.0909. The molecule has 3 aromatic rings. The van der Waals surface area contributed by atoms with E-state index in [1.807, 2.05) is 43.3 Å². The number of carbonyl (C=O) groups is 2. The largest absolute Gasteiger partial charge is 0.465 e. The molecule has 27 heavy (non-hydrogen) atoms. The predicted octanol–water partition coefficient (Wildman–Crippen LogP) is 3.93. The Morgan fingerprint density at radius 1 is 0.926 bits per heavy atom. The number of hydrogen-bond donors (Lipinski definition) is 2. The van der Waals surface area contributed by atoms with Crippen LogP contribution in [0.4, 0.5) is 0 Å². The molecule has 0 aliphatic rings. The van der Waals surface area contributed by atoms with Crippen LogP contribution in [0.1, 0.15) is 34.6 Å². The molecule has 0 saturated carbocycles. The maximum absolute atomic E-state index is 12.8. The average Bonchev–Trinajstić information content (AvgIpc) is 3.22. The highest BCUT2D eigenvalue weighted by molar-refractivity contribution is 6.05. The Labute approximate surface area is 157 Å². The summed E-state index contributed by atoms with van der Waals surface area (Å²) in [6.07, 6.45) is 3.01. The summed E-state index contributed by atoms with van der Waals surface area (Å²) in [5.74, 6) is -0.288. The van der Waals surface area contributed by atoms with Crippen molar-refractivity contribution < 1.29 is 14.0 Å². The Morgan fingerprint density at radius 2 is 1.59 bits per heavy atom. The molecule has 1 heterocycles. The first-order valence-electron chi connectivity index (χ1n) is 8.61. The van der Waals surface area contributed by atoms with Gasteiger partial charge in [-0.05, 0) is 36.8 Å². The maximum atomic E-state index is 12.8. The van der Waals surface area contributed by atoms with Crippen LogP contribution in [0.25, 0.3) is 6.08 Å². The van der Waals surface area contributed by atoms with Gasteiger partial charge in [0, 0.05) is 11.6 Å². The number of nitrogens with one attached hydrogen (secondary N) is 2. The van der Waals surface area contributed by atoms with E-state index in [-0.39, 0.29) is 17.6 Å². The number of rotatable bonds is 6. The van der Waals surface area contributed by atoms with Crippen LogP contribution in [-0.4, -0.2) is 11.8 Å². The average molecular weight is 360 g/mol. The second-order valence-electron chi connectivity index (χ2n) is 6.00. The highest BCUT2D eigenvalue weighted by Crippen LogP contribution is 2.13. The molecule has 0 fully saturated rings. The van der Waals surface area contributed by atoms with Gasteiger partial charge in [0.05, 0.1) is 12.3 Å². The molecule has 3 rings (SSSR count). The second-order valence-corrected chi connectivity index (χ2v) is 6.00. The van der Waals surface area contributed by atoms with Crippen LogP contribution in [-0.2, 0) is 4.79 Å². The highest BCUT2D eigenvalue weighted by Gasteiger charge is 2.17.